The fraction of sp³-hybridized carbons (Fsp3) is 0.333. The largest absolute Gasteiger partial charge is 0.506 e. The van der Waals surface area contributed by atoms with Crippen molar-refractivity contribution >= 4 is 23.4 Å². The molecule has 7 nitrogen and oxygen atoms in total. The number of nitrogens with one attached hydrogen (secondary N) is 2. The van der Waals surface area contributed by atoms with E-state index in [9.17, 15) is 14.7 Å². The molecule has 0 aliphatic heterocycles. The number of rotatable bonds is 8. The van der Waals surface area contributed by atoms with Crippen molar-refractivity contribution in [2.75, 3.05) is 10.6 Å². The second-order valence-electron chi connectivity index (χ2n) is 9.66. The van der Waals surface area contributed by atoms with Crippen LogP contribution in [0.3, 0.4) is 0 Å². The van der Waals surface area contributed by atoms with Gasteiger partial charge < -0.3 is 19.9 Å². The molecule has 0 radical (unpaired) electrons. The third-order valence-electron chi connectivity index (χ3n) is 6.58. The second-order valence-corrected chi connectivity index (χ2v) is 9.66. The monoisotopic (exact) mass is 502 g/mol. The number of phenolic OH excluding ortho intramolecular Hbond substituents is 1. The zero-order valence-electron chi connectivity index (χ0n) is 21.4. The first-order valence-corrected chi connectivity index (χ1v) is 12.8. The van der Waals surface area contributed by atoms with E-state index in [-0.39, 0.29) is 18.3 Å². The molecule has 0 aromatic heterocycles. The maximum Gasteiger partial charge on any atom is 0.411 e. The van der Waals surface area contributed by atoms with E-state index in [0.717, 1.165) is 29.5 Å². The van der Waals surface area contributed by atoms with Gasteiger partial charge in [-0.3, -0.25) is 10.1 Å². The molecule has 0 unspecified atom stereocenters. The second kappa shape index (κ2) is 12.3. The molecule has 1 fully saturated rings. The Bertz CT molecular complexity index is 1210. The summed E-state index contributed by atoms with van der Waals surface area (Å²) < 4.78 is 11.4. The van der Waals surface area contributed by atoms with E-state index in [1.54, 1.807) is 24.3 Å². The van der Waals surface area contributed by atoms with Crippen LogP contribution in [-0.4, -0.2) is 17.1 Å². The summed E-state index contributed by atoms with van der Waals surface area (Å²) in [6, 6.07) is 17.9. The van der Waals surface area contributed by atoms with E-state index < -0.39 is 6.09 Å². The van der Waals surface area contributed by atoms with Gasteiger partial charge in [-0.1, -0.05) is 49.6 Å². The Kier molecular flexibility index (Phi) is 8.67. The summed E-state index contributed by atoms with van der Waals surface area (Å²) in [6.07, 6.45) is 5.68. The Balaban J connectivity index is 1.38. The Morgan fingerprint density at radius 3 is 2.32 bits per heavy atom. The summed E-state index contributed by atoms with van der Waals surface area (Å²) in [6.45, 7) is 3.96. The number of carbonyl (C=O) groups is 2. The lowest BCUT2D eigenvalue weighted by molar-refractivity contribution is -0.117. The predicted octanol–water partition coefficient (Wildman–Crippen LogP) is 7.46. The number of aryl methyl sites for hydroxylation is 2. The maximum absolute atomic E-state index is 12.6. The van der Waals surface area contributed by atoms with E-state index in [4.69, 9.17) is 9.47 Å². The van der Waals surface area contributed by atoms with Gasteiger partial charge >= 0.3 is 6.09 Å². The van der Waals surface area contributed by atoms with Crippen LogP contribution in [0.2, 0.25) is 0 Å². The average molecular weight is 503 g/mol. The molecule has 0 heterocycles. The highest BCUT2D eigenvalue weighted by Gasteiger charge is 2.18. The molecule has 1 saturated carbocycles. The van der Waals surface area contributed by atoms with Gasteiger partial charge in [-0.25, -0.2) is 4.79 Å². The van der Waals surface area contributed by atoms with Crippen LogP contribution in [0.15, 0.2) is 60.7 Å². The van der Waals surface area contributed by atoms with Crippen LogP contribution in [0.1, 0.15) is 55.2 Å². The third-order valence-corrected chi connectivity index (χ3v) is 6.58. The highest BCUT2D eigenvalue weighted by Crippen LogP contribution is 2.35. The molecule has 0 bridgehead atoms. The SMILES string of the molecule is Cc1cc(NC(=O)OCc2ccccc2)cc(C)c1Oc1ccc(O)c(NC(=O)CC2CCCCC2)c1. The quantitative estimate of drug-likeness (QED) is 0.278. The topological polar surface area (TPSA) is 96.9 Å². The molecule has 0 saturated heterocycles. The molecule has 194 valence electrons. The van der Waals surface area contributed by atoms with Gasteiger partial charge in [0.2, 0.25) is 5.91 Å². The lowest BCUT2D eigenvalue weighted by atomic mass is 9.87. The first-order chi connectivity index (χ1) is 17.9. The average Bonchev–Trinajstić information content (AvgIpc) is 2.88. The maximum atomic E-state index is 12.6. The minimum Gasteiger partial charge on any atom is -0.506 e. The molecular weight excluding hydrogens is 468 g/mol. The minimum absolute atomic E-state index is 0.00801. The molecule has 2 amide bonds. The molecule has 1 aliphatic carbocycles. The molecule has 3 N–H and O–H groups in total. The Labute approximate surface area is 217 Å². The van der Waals surface area contributed by atoms with Gasteiger partial charge in [0.1, 0.15) is 23.9 Å². The number of hydrogen-bond acceptors (Lipinski definition) is 5. The van der Waals surface area contributed by atoms with Gasteiger partial charge in [-0.05, 0) is 73.6 Å². The number of benzene rings is 3. The van der Waals surface area contributed by atoms with E-state index in [1.807, 2.05) is 44.2 Å². The summed E-state index contributed by atoms with van der Waals surface area (Å²) in [5.41, 5.74) is 3.46. The Morgan fingerprint density at radius 1 is 0.919 bits per heavy atom. The molecular formula is C30H34N2O5. The molecule has 37 heavy (non-hydrogen) atoms. The van der Waals surface area contributed by atoms with E-state index in [0.29, 0.717) is 35.2 Å². The molecule has 7 heteroatoms. The summed E-state index contributed by atoms with van der Waals surface area (Å²) >= 11 is 0. The first-order valence-electron chi connectivity index (χ1n) is 12.8. The van der Waals surface area contributed by atoms with Crippen molar-refractivity contribution in [3.63, 3.8) is 0 Å². The third kappa shape index (κ3) is 7.49. The molecule has 0 atom stereocenters. The zero-order valence-corrected chi connectivity index (χ0v) is 21.4. The lowest BCUT2D eigenvalue weighted by Gasteiger charge is -2.21. The number of phenols is 1. The summed E-state index contributed by atoms with van der Waals surface area (Å²) in [5.74, 6) is 1.42. The van der Waals surface area contributed by atoms with Crippen LogP contribution in [0.4, 0.5) is 16.2 Å². The zero-order chi connectivity index (χ0) is 26.2. The predicted molar refractivity (Wildman–Crippen MR) is 144 cm³/mol. The first kappa shape index (κ1) is 26.1. The smallest absolute Gasteiger partial charge is 0.411 e. The summed E-state index contributed by atoms with van der Waals surface area (Å²) in [5, 5.41) is 15.9. The van der Waals surface area contributed by atoms with Crippen LogP contribution in [0.5, 0.6) is 17.2 Å². The van der Waals surface area contributed by atoms with Crippen LogP contribution in [-0.2, 0) is 16.1 Å². The molecule has 3 aromatic carbocycles. The highest BCUT2D eigenvalue weighted by molar-refractivity contribution is 5.92. The Hall–Kier alpha value is -4.00. The molecule has 0 spiro atoms. The van der Waals surface area contributed by atoms with Crippen molar-refractivity contribution in [2.45, 2.75) is 59.0 Å². The van der Waals surface area contributed by atoms with Crippen molar-refractivity contribution in [1.82, 2.24) is 0 Å². The van der Waals surface area contributed by atoms with Crippen LogP contribution in [0, 0.1) is 19.8 Å². The van der Waals surface area contributed by atoms with Crippen molar-refractivity contribution in [3.8, 4) is 17.2 Å². The van der Waals surface area contributed by atoms with Crippen molar-refractivity contribution in [3.05, 3.63) is 77.4 Å². The van der Waals surface area contributed by atoms with Crippen molar-refractivity contribution in [1.29, 1.82) is 0 Å². The van der Waals surface area contributed by atoms with Crippen LogP contribution >= 0.6 is 0 Å². The van der Waals surface area contributed by atoms with E-state index in [2.05, 4.69) is 10.6 Å². The standard InChI is InChI=1S/C30H34N2O5/c1-20-15-24(31-30(35)36-19-23-11-7-4-8-12-23)16-21(2)29(20)37-25-13-14-27(33)26(18-25)32-28(34)17-22-9-5-3-6-10-22/h4,7-8,11-16,18,22,33H,3,5-6,9-10,17,19H2,1-2H3,(H,31,35)(H,32,34). The van der Waals surface area contributed by atoms with Gasteiger partial charge in [0.25, 0.3) is 0 Å². The van der Waals surface area contributed by atoms with Gasteiger partial charge in [-0.2, -0.15) is 0 Å². The lowest BCUT2D eigenvalue weighted by Crippen LogP contribution is -2.18. The molecule has 4 rings (SSSR count). The summed E-state index contributed by atoms with van der Waals surface area (Å²) in [4.78, 5) is 24.8. The number of ether oxygens (including phenoxy) is 2. The van der Waals surface area contributed by atoms with Crippen molar-refractivity contribution in [2.24, 2.45) is 5.92 Å². The fourth-order valence-electron chi connectivity index (χ4n) is 4.71. The highest BCUT2D eigenvalue weighted by atomic mass is 16.5. The van der Waals surface area contributed by atoms with Crippen molar-refractivity contribution < 1.29 is 24.2 Å². The number of carbonyl (C=O) groups excluding carboxylic acids is 2. The van der Waals surface area contributed by atoms with E-state index >= 15 is 0 Å². The van der Waals surface area contributed by atoms with Gasteiger partial charge in [0.05, 0.1) is 5.69 Å². The fourth-order valence-corrected chi connectivity index (χ4v) is 4.71. The van der Waals surface area contributed by atoms with Gasteiger partial charge in [-0.15, -0.1) is 0 Å². The Morgan fingerprint density at radius 2 is 1.62 bits per heavy atom. The van der Waals surface area contributed by atoms with Crippen LogP contribution < -0.4 is 15.4 Å². The number of anilines is 2. The number of hydrogen-bond donors (Lipinski definition) is 3. The number of amides is 2. The molecule has 1 aliphatic rings. The van der Waals surface area contributed by atoms with Gasteiger partial charge in [0, 0.05) is 18.2 Å². The number of aromatic hydroxyl groups is 1. The minimum atomic E-state index is -0.538. The summed E-state index contributed by atoms with van der Waals surface area (Å²) in [7, 11) is 0. The van der Waals surface area contributed by atoms with Gasteiger partial charge in [0.15, 0.2) is 0 Å². The van der Waals surface area contributed by atoms with E-state index in [1.165, 1.54) is 25.3 Å². The molecule has 3 aromatic rings. The van der Waals surface area contributed by atoms with Crippen LogP contribution in [0.25, 0.3) is 0 Å². The normalized spacial score (nSPS) is 13.6.